The fourth-order valence-electron chi connectivity index (χ4n) is 1.53. The van der Waals surface area contributed by atoms with E-state index in [1.54, 1.807) is 0 Å². The normalized spacial score (nSPS) is 21.0. The fraction of sp³-hybridized carbons (Fsp3) is 0.875. The van der Waals surface area contributed by atoms with Crippen LogP contribution < -0.4 is 5.73 Å². The second kappa shape index (κ2) is 3.98. The molecule has 0 saturated heterocycles. The molecule has 0 aromatic rings. The van der Waals surface area contributed by atoms with Crippen molar-refractivity contribution in [3.8, 4) is 0 Å². The molecule has 0 atom stereocenters. The van der Waals surface area contributed by atoms with Gasteiger partial charge in [0.05, 0.1) is 5.84 Å². The molecule has 0 heterocycles. The van der Waals surface area contributed by atoms with E-state index in [-0.39, 0.29) is 11.8 Å². The summed E-state index contributed by atoms with van der Waals surface area (Å²) in [5, 5.41) is 0. The van der Waals surface area contributed by atoms with Crippen molar-refractivity contribution in [2.45, 2.75) is 31.9 Å². The van der Waals surface area contributed by atoms with Crippen molar-refractivity contribution < 1.29 is 13.2 Å². The zero-order valence-electron chi connectivity index (χ0n) is 7.27. The number of nitrogens with zero attached hydrogens (tertiary/aromatic N) is 1. The Morgan fingerprint density at radius 1 is 1.31 bits per heavy atom. The number of nitrogens with two attached hydrogens (primary N) is 1. The smallest absolute Gasteiger partial charge is 0.387 e. The largest absolute Gasteiger partial charge is 0.408 e. The van der Waals surface area contributed by atoms with E-state index in [9.17, 15) is 13.2 Å². The molecule has 0 amide bonds. The molecule has 0 aromatic carbocycles. The minimum Gasteiger partial charge on any atom is -0.387 e. The Morgan fingerprint density at radius 2 is 1.85 bits per heavy atom. The van der Waals surface area contributed by atoms with Crippen molar-refractivity contribution in [1.82, 2.24) is 0 Å². The third-order valence-corrected chi connectivity index (χ3v) is 2.21. The highest BCUT2D eigenvalue weighted by Crippen LogP contribution is 2.25. The van der Waals surface area contributed by atoms with E-state index in [4.69, 9.17) is 5.73 Å². The number of alkyl halides is 3. The third-order valence-electron chi connectivity index (χ3n) is 2.21. The van der Waals surface area contributed by atoms with Gasteiger partial charge in [-0.2, -0.15) is 13.2 Å². The average Bonchev–Trinajstić information content (AvgIpc) is 2.50. The van der Waals surface area contributed by atoms with Crippen molar-refractivity contribution in [3.05, 3.63) is 0 Å². The van der Waals surface area contributed by atoms with Crippen molar-refractivity contribution in [2.75, 3.05) is 6.54 Å². The maximum atomic E-state index is 11.7. The first-order valence-electron chi connectivity index (χ1n) is 4.35. The van der Waals surface area contributed by atoms with Gasteiger partial charge >= 0.3 is 6.18 Å². The van der Waals surface area contributed by atoms with Crippen LogP contribution in [0.15, 0.2) is 4.99 Å². The summed E-state index contributed by atoms with van der Waals surface area (Å²) in [6, 6.07) is 0. The van der Waals surface area contributed by atoms with Gasteiger partial charge in [0, 0.05) is 5.92 Å². The van der Waals surface area contributed by atoms with Crippen LogP contribution in [-0.2, 0) is 0 Å². The maximum Gasteiger partial charge on any atom is 0.408 e. The molecule has 0 bridgehead atoms. The van der Waals surface area contributed by atoms with Gasteiger partial charge in [0.25, 0.3) is 0 Å². The summed E-state index contributed by atoms with van der Waals surface area (Å²) in [7, 11) is 0. The van der Waals surface area contributed by atoms with Gasteiger partial charge in [-0.3, -0.25) is 4.99 Å². The van der Waals surface area contributed by atoms with Gasteiger partial charge in [-0.05, 0) is 12.8 Å². The summed E-state index contributed by atoms with van der Waals surface area (Å²) in [6.07, 6.45) is -0.372. The zero-order valence-corrected chi connectivity index (χ0v) is 7.27. The number of hydrogen-bond donors (Lipinski definition) is 1. The van der Waals surface area contributed by atoms with Crippen LogP contribution in [0.25, 0.3) is 0 Å². The standard InChI is InChI=1S/C8H13F3N2/c9-8(10,11)5-13-7(12)6-3-1-2-4-6/h6H,1-5H2,(H2,12,13). The predicted molar refractivity (Wildman–Crippen MR) is 44.5 cm³/mol. The average molecular weight is 194 g/mol. The molecule has 1 saturated carbocycles. The highest BCUT2D eigenvalue weighted by molar-refractivity contribution is 5.83. The molecule has 76 valence electrons. The molecular weight excluding hydrogens is 181 g/mol. The Balaban J connectivity index is 2.41. The van der Waals surface area contributed by atoms with E-state index >= 15 is 0 Å². The third kappa shape index (κ3) is 3.65. The van der Waals surface area contributed by atoms with E-state index < -0.39 is 12.7 Å². The SMILES string of the molecule is NC(=NCC(F)(F)F)C1CCCC1. The Hall–Kier alpha value is -0.740. The van der Waals surface area contributed by atoms with Crippen LogP contribution in [0.5, 0.6) is 0 Å². The van der Waals surface area contributed by atoms with E-state index in [1.807, 2.05) is 0 Å². The van der Waals surface area contributed by atoms with Gasteiger partial charge in [-0.15, -0.1) is 0 Å². The maximum absolute atomic E-state index is 11.7. The van der Waals surface area contributed by atoms with Crippen LogP contribution in [0.3, 0.4) is 0 Å². The van der Waals surface area contributed by atoms with Crippen molar-refractivity contribution in [1.29, 1.82) is 0 Å². The highest BCUT2D eigenvalue weighted by atomic mass is 19.4. The highest BCUT2D eigenvalue weighted by Gasteiger charge is 2.27. The molecule has 0 spiro atoms. The lowest BCUT2D eigenvalue weighted by atomic mass is 10.1. The van der Waals surface area contributed by atoms with Crippen LogP contribution in [0, 0.1) is 5.92 Å². The summed E-state index contributed by atoms with van der Waals surface area (Å²) in [5.41, 5.74) is 5.44. The van der Waals surface area contributed by atoms with Crippen LogP contribution >= 0.6 is 0 Å². The lowest BCUT2D eigenvalue weighted by Crippen LogP contribution is -2.24. The van der Waals surface area contributed by atoms with Gasteiger partial charge in [0.1, 0.15) is 6.54 Å². The van der Waals surface area contributed by atoms with Crippen LogP contribution in [0.2, 0.25) is 0 Å². The minimum absolute atomic E-state index is 0.0855. The van der Waals surface area contributed by atoms with Crippen molar-refractivity contribution >= 4 is 5.84 Å². The van der Waals surface area contributed by atoms with Gasteiger partial charge in [0.15, 0.2) is 0 Å². The monoisotopic (exact) mass is 194 g/mol. The lowest BCUT2D eigenvalue weighted by molar-refractivity contribution is -0.118. The molecular formula is C8H13F3N2. The molecule has 2 N–H and O–H groups in total. The van der Waals surface area contributed by atoms with Gasteiger partial charge in [-0.25, -0.2) is 0 Å². The first kappa shape index (κ1) is 10.3. The zero-order chi connectivity index (χ0) is 9.90. The van der Waals surface area contributed by atoms with Gasteiger partial charge in [0.2, 0.25) is 0 Å². The number of amidine groups is 1. The van der Waals surface area contributed by atoms with Crippen molar-refractivity contribution in [3.63, 3.8) is 0 Å². The van der Waals surface area contributed by atoms with E-state index in [1.165, 1.54) is 0 Å². The van der Waals surface area contributed by atoms with Gasteiger partial charge in [-0.1, -0.05) is 12.8 Å². The molecule has 0 unspecified atom stereocenters. The second-order valence-electron chi connectivity index (χ2n) is 3.34. The van der Waals surface area contributed by atoms with E-state index in [0.29, 0.717) is 0 Å². The molecule has 0 aliphatic heterocycles. The molecule has 5 heteroatoms. The molecule has 1 rings (SSSR count). The van der Waals surface area contributed by atoms with E-state index in [2.05, 4.69) is 4.99 Å². The molecule has 1 aliphatic rings. The second-order valence-corrected chi connectivity index (χ2v) is 3.34. The predicted octanol–water partition coefficient (Wildman–Crippen LogP) is 2.10. The number of hydrogen-bond acceptors (Lipinski definition) is 1. The first-order chi connectivity index (χ1) is 5.99. The van der Waals surface area contributed by atoms with Crippen LogP contribution in [0.4, 0.5) is 13.2 Å². The topological polar surface area (TPSA) is 38.4 Å². The van der Waals surface area contributed by atoms with E-state index in [0.717, 1.165) is 25.7 Å². The molecule has 0 radical (unpaired) electrons. The minimum atomic E-state index is -4.23. The lowest BCUT2D eigenvalue weighted by Gasteiger charge is -2.09. The molecule has 13 heavy (non-hydrogen) atoms. The number of halogens is 3. The number of rotatable bonds is 2. The Kier molecular flexibility index (Phi) is 3.17. The summed E-state index contributed by atoms with van der Waals surface area (Å²) in [5.74, 6) is 0.261. The van der Waals surface area contributed by atoms with Crippen LogP contribution in [0.1, 0.15) is 25.7 Å². The fourth-order valence-corrected chi connectivity index (χ4v) is 1.53. The Labute approximate surface area is 75.0 Å². The van der Waals surface area contributed by atoms with Crippen molar-refractivity contribution in [2.24, 2.45) is 16.6 Å². The summed E-state index contributed by atoms with van der Waals surface area (Å²) < 4.78 is 35.2. The quantitative estimate of drug-likeness (QED) is 0.530. The van der Waals surface area contributed by atoms with Crippen LogP contribution in [-0.4, -0.2) is 18.6 Å². The summed E-state index contributed by atoms with van der Waals surface area (Å²) >= 11 is 0. The molecule has 2 nitrogen and oxygen atoms in total. The molecule has 1 aliphatic carbocycles. The first-order valence-corrected chi connectivity index (χ1v) is 4.35. The summed E-state index contributed by atoms with van der Waals surface area (Å²) in [6.45, 7) is -1.14. The Bertz CT molecular complexity index is 192. The molecule has 1 fully saturated rings. The summed E-state index contributed by atoms with van der Waals surface area (Å²) in [4.78, 5) is 3.35. The molecule has 0 aromatic heterocycles. The Morgan fingerprint density at radius 3 is 2.31 bits per heavy atom. The van der Waals surface area contributed by atoms with Gasteiger partial charge < -0.3 is 5.73 Å². The number of aliphatic imine (C=N–C) groups is 1.